The van der Waals surface area contributed by atoms with Crippen molar-refractivity contribution in [3.05, 3.63) is 28.8 Å². The number of fused-ring (bicyclic) bond motifs is 2. The van der Waals surface area contributed by atoms with Crippen LogP contribution in [-0.4, -0.2) is 7.11 Å². The highest BCUT2D eigenvalue weighted by Crippen LogP contribution is 2.48. The molecule has 2 nitrogen and oxygen atoms in total. The summed E-state index contributed by atoms with van der Waals surface area (Å²) in [5.74, 6) is 1.01. The second-order valence-electron chi connectivity index (χ2n) is 5.91. The van der Waals surface area contributed by atoms with Crippen LogP contribution in [0.1, 0.15) is 61.8 Å². The molecule has 1 aromatic carbocycles. The molecule has 0 saturated heterocycles. The number of ether oxygens (including phenoxy) is 1. The highest BCUT2D eigenvalue weighted by Gasteiger charge is 2.43. The summed E-state index contributed by atoms with van der Waals surface area (Å²) in [6, 6.07) is 4.91. The monoisotopic (exact) mass is 245 g/mol. The summed E-state index contributed by atoms with van der Waals surface area (Å²) in [5, 5.41) is 3.87. The Hall–Kier alpha value is -1.02. The minimum Gasteiger partial charge on any atom is -0.497 e. The van der Waals surface area contributed by atoms with Gasteiger partial charge in [0.1, 0.15) is 5.75 Å². The van der Waals surface area contributed by atoms with Crippen LogP contribution in [0, 0.1) is 6.92 Å². The van der Waals surface area contributed by atoms with Gasteiger partial charge in [-0.05, 0) is 55.5 Å². The van der Waals surface area contributed by atoms with Crippen molar-refractivity contribution < 1.29 is 4.74 Å². The summed E-state index contributed by atoms with van der Waals surface area (Å²) in [4.78, 5) is 0. The highest BCUT2D eigenvalue weighted by atomic mass is 16.5. The fraction of sp³-hybridized carbons (Fsp3) is 0.625. The molecule has 1 unspecified atom stereocenters. The molecular weight excluding hydrogens is 222 g/mol. The average Bonchev–Trinajstić information content (AvgIpc) is 2.63. The Balaban J connectivity index is 2.13. The van der Waals surface area contributed by atoms with Crippen molar-refractivity contribution in [1.82, 2.24) is 5.32 Å². The zero-order valence-corrected chi connectivity index (χ0v) is 11.7. The Morgan fingerprint density at radius 2 is 1.94 bits per heavy atom. The first kappa shape index (κ1) is 12.0. The molecule has 2 heteroatoms. The van der Waals surface area contributed by atoms with Crippen molar-refractivity contribution in [3.63, 3.8) is 0 Å². The summed E-state index contributed by atoms with van der Waals surface area (Å²) >= 11 is 0. The number of benzene rings is 1. The number of aryl methyl sites for hydroxylation is 1. The van der Waals surface area contributed by atoms with Gasteiger partial charge in [0.15, 0.2) is 0 Å². The lowest BCUT2D eigenvalue weighted by Gasteiger charge is -2.35. The van der Waals surface area contributed by atoms with E-state index in [0.29, 0.717) is 6.04 Å². The van der Waals surface area contributed by atoms with Gasteiger partial charge in [0.25, 0.3) is 0 Å². The molecule has 1 saturated carbocycles. The van der Waals surface area contributed by atoms with Crippen LogP contribution < -0.4 is 10.1 Å². The Morgan fingerprint density at radius 3 is 2.61 bits per heavy atom. The van der Waals surface area contributed by atoms with Gasteiger partial charge >= 0.3 is 0 Å². The molecule has 18 heavy (non-hydrogen) atoms. The van der Waals surface area contributed by atoms with Crippen LogP contribution in [0.25, 0.3) is 0 Å². The molecule has 1 N–H and O–H groups in total. The zero-order valence-electron chi connectivity index (χ0n) is 11.7. The predicted molar refractivity (Wildman–Crippen MR) is 74.0 cm³/mol. The van der Waals surface area contributed by atoms with E-state index < -0.39 is 0 Å². The third-order valence-corrected chi connectivity index (χ3v) is 4.74. The topological polar surface area (TPSA) is 21.3 Å². The average molecular weight is 245 g/mol. The van der Waals surface area contributed by atoms with Crippen LogP contribution >= 0.6 is 0 Å². The predicted octanol–water partition coefficient (Wildman–Crippen LogP) is 3.83. The maximum Gasteiger partial charge on any atom is 0.119 e. The van der Waals surface area contributed by atoms with Crippen molar-refractivity contribution in [2.45, 2.75) is 57.5 Å². The van der Waals surface area contributed by atoms with Crippen molar-refractivity contribution >= 4 is 0 Å². The van der Waals surface area contributed by atoms with Crippen molar-refractivity contribution in [2.75, 3.05) is 7.11 Å². The standard InChI is InChI=1S/C16H23NO/c1-11-9-13(18-3)10-14-15(11)12(2)17-16(14)7-5-4-6-8-16/h9-10,12,17H,4-8H2,1-3H3. The van der Waals surface area contributed by atoms with E-state index in [9.17, 15) is 0 Å². The molecule has 3 rings (SSSR count). The van der Waals surface area contributed by atoms with Crippen LogP contribution in [0.4, 0.5) is 0 Å². The van der Waals surface area contributed by atoms with Gasteiger partial charge in [0.05, 0.1) is 7.11 Å². The van der Waals surface area contributed by atoms with E-state index in [0.717, 1.165) is 5.75 Å². The largest absolute Gasteiger partial charge is 0.497 e. The van der Waals surface area contributed by atoms with Crippen LogP contribution in [0.3, 0.4) is 0 Å². The smallest absolute Gasteiger partial charge is 0.119 e. The molecule has 0 radical (unpaired) electrons. The van der Waals surface area contributed by atoms with Crippen LogP contribution in [-0.2, 0) is 5.54 Å². The van der Waals surface area contributed by atoms with E-state index in [-0.39, 0.29) is 5.54 Å². The van der Waals surface area contributed by atoms with Crippen molar-refractivity contribution in [3.8, 4) is 5.75 Å². The van der Waals surface area contributed by atoms with Crippen LogP contribution in [0.5, 0.6) is 5.75 Å². The molecular formula is C16H23NO. The maximum atomic E-state index is 5.46. The Morgan fingerprint density at radius 1 is 1.22 bits per heavy atom. The van der Waals surface area contributed by atoms with Gasteiger partial charge in [-0.2, -0.15) is 0 Å². The molecule has 1 aromatic rings. The summed E-state index contributed by atoms with van der Waals surface area (Å²) < 4.78 is 5.46. The van der Waals surface area contributed by atoms with Gasteiger partial charge in [-0.25, -0.2) is 0 Å². The molecule has 1 aliphatic heterocycles. The summed E-state index contributed by atoms with van der Waals surface area (Å²) in [7, 11) is 1.76. The second kappa shape index (κ2) is 4.27. The van der Waals surface area contributed by atoms with E-state index in [1.54, 1.807) is 7.11 Å². The van der Waals surface area contributed by atoms with E-state index >= 15 is 0 Å². The van der Waals surface area contributed by atoms with Gasteiger partial charge < -0.3 is 10.1 Å². The number of rotatable bonds is 1. The van der Waals surface area contributed by atoms with Gasteiger partial charge in [-0.1, -0.05) is 19.3 Å². The van der Waals surface area contributed by atoms with E-state index in [1.165, 1.54) is 48.8 Å². The van der Waals surface area contributed by atoms with E-state index in [1.807, 2.05) is 0 Å². The second-order valence-corrected chi connectivity index (χ2v) is 5.91. The third-order valence-electron chi connectivity index (χ3n) is 4.74. The summed E-state index contributed by atoms with van der Waals surface area (Å²) in [6.45, 7) is 4.50. The zero-order chi connectivity index (χ0) is 12.8. The van der Waals surface area contributed by atoms with Crippen LogP contribution in [0.2, 0.25) is 0 Å². The quantitative estimate of drug-likeness (QED) is 0.812. The van der Waals surface area contributed by atoms with Gasteiger partial charge in [-0.3, -0.25) is 0 Å². The molecule has 1 atom stereocenters. The molecule has 1 heterocycles. The number of hydrogen-bond donors (Lipinski definition) is 1. The Labute approximate surface area is 110 Å². The molecule has 1 spiro atoms. The highest BCUT2D eigenvalue weighted by molar-refractivity contribution is 5.50. The minimum atomic E-state index is 0.228. The van der Waals surface area contributed by atoms with Gasteiger partial charge in [0, 0.05) is 11.6 Å². The molecule has 2 aliphatic rings. The third kappa shape index (κ3) is 1.66. The number of nitrogens with one attached hydrogen (secondary N) is 1. The molecule has 0 amide bonds. The molecule has 0 bridgehead atoms. The van der Waals surface area contributed by atoms with Crippen molar-refractivity contribution in [1.29, 1.82) is 0 Å². The summed E-state index contributed by atoms with van der Waals surface area (Å²) in [6.07, 6.45) is 6.62. The lowest BCUT2D eigenvalue weighted by molar-refractivity contribution is 0.238. The molecule has 1 fully saturated rings. The Kier molecular flexibility index (Phi) is 2.86. The first-order valence-electron chi connectivity index (χ1n) is 7.13. The fourth-order valence-corrected chi connectivity index (χ4v) is 3.99. The summed E-state index contributed by atoms with van der Waals surface area (Å²) in [5.41, 5.74) is 4.61. The lowest BCUT2D eigenvalue weighted by atomic mass is 9.77. The minimum absolute atomic E-state index is 0.228. The van der Waals surface area contributed by atoms with Gasteiger partial charge in [0.2, 0.25) is 0 Å². The lowest BCUT2D eigenvalue weighted by Crippen LogP contribution is -2.39. The molecule has 1 aliphatic carbocycles. The van der Waals surface area contributed by atoms with E-state index in [4.69, 9.17) is 4.74 Å². The molecule has 0 aromatic heterocycles. The SMILES string of the molecule is COc1cc(C)c2c(c1)C1(CCCCC1)NC2C. The first-order chi connectivity index (χ1) is 8.66. The van der Waals surface area contributed by atoms with Crippen LogP contribution in [0.15, 0.2) is 12.1 Å². The molecule has 98 valence electrons. The normalized spacial score (nSPS) is 25.2. The number of methoxy groups -OCH3 is 1. The van der Waals surface area contributed by atoms with Crippen molar-refractivity contribution in [2.24, 2.45) is 0 Å². The maximum absolute atomic E-state index is 5.46. The number of hydrogen-bond acceptors (Lipinski definition) is 2. The van der Waals surface area contributed by atoms with E-state index in [2.05, 4.69) is 31.3 Å². The van der Waals surface area contributed by atoms with Gasteiger partial charge in [-0.15, -0.1) is 0 Å². The Bertz CT molecular complexity index is 460. The first-order valence-corrected chi connectivity index (χ1v) is 7.13. The fourth-order valence-electron chi connectivity index (χ4n) is 3.99.